The Labute approximate surface area is 188 Å². The number of aliphatic hydroxyl groups is 1. The maximum atomic E-state index is 10.6. The van der Waals surface area contributed by atoms with Crippen LogP contribution in [0.5, 0.6) is 5.75 Å². The zero-order chi connectivity index (χ0) is 22.3. The second kappa shape index (κ2) is 10.7. The van der Waals surface area contributed by atoms with Gasteiger partial charge in [0.25, 0.3) is 0 Å². The number of benzene rings is 2. The molecule has 0 aliphatic carbocycles. The number of anilines is 1. The molecule has 0 saturated carbocycles. The number of aromatic nitrogens is 2. The third-order valence-electron chi connectivity index (χ3n) is 5.84. The van der Waals surface area contributed by atoms with Crippen molar-refractivity contribution in [2.75, 3.05) is 65.3 Å². The second-order valence-electron chi connectivity index (χ2n) is 8.09. The molecule has 0 radical (unpaired) electrons. The minimum absolute atomic E-state index is 0.248. The van der Waals surface area contributed by atoms with Crippen LogP contribution in [0.25, 0.3) is 21.9 Å². The summed E-state index contributed by atoms with van der Waals surface area (Å²) in [4.78, 5) is 12.9. The first-order valence-corrected chi connectivity index (χ1v) is 11.0. The van der Waals surface area contributed by atoms with E-state index in [0.29, 0.717) is 6.54 Å². The summed E-state index contributed by atoms with van der Waals surface area (Å²) in [5.74, 6) is 1.01. The highest BCUT2D eigenvalue weighted by molar-refractivity contribution is 5.99. The number of aliphatic hydroxyl groups excluding tert-OH is 1. The third-order valence-corrected chi connectivity index (χ3v) is 5.84. The third kappa shape index (κ3) is 5.52. The molecule has 1 aromatic heterocycles. The average molecular weight is 438 g/mol. The van der Waals surface area contributed by atoms with Crippen LogP contribution in [0, 0.1) is 0 Å². The normalized spacial score (nSPS) is 16.3. The molecule has 1 saturated heterocycles. The van der Waals surface area contributed by atoms with Gasteiger partial charge in [-0.3, -0.25) is 9.80 Å². The molecule has 1 unspecified atom stereocenters. The van der Waals surface area contributed by atoms with E-state index in [0.717, 1.165) is 67.0 Å². The van der Waals surface area contributed by atoms with Gasteiger partial charge in [0.1, 0.15) is 18.5 Å². The minimum Gasteiger partial charge on any atom is -0.490 e. The van der Waals surface area contributed by atoms with Crippen LogP contribution in [-0.2, 0) is 4.74 Å². The van der Waals surface area contributed by atoms with Crippen LogP contribution < -0.4 is 10.5 Å². The van der Waals surface area contributed by atoms with E-state index >= 15 is 0 Å². The van der Waals surface area contributed by atoms with Crippen molar-refractivity contribution in [3.05, 3.63) is 48.8 Å². The Balaban J connectivity index is 1.37. The molecule has 2 heterocycles. The Kier molecular flexibility index (Phi) is 7.49. The predicted molar refractivity (Wildman–Crippen MR) is 126 cm³/mol. The lowest BCUT2D eigenvalue weighted by Crippen LogP contribution is -2.49. The SMILES string of the molecule is COCCN1CCN(CC(O)COc2ccc(-c3cnc(N)nc3)c3ccccc23)CC1. The average Bonchev–Trinajstić information content (AvgIpc) is 2.83. The van der Waals surface area contributed by atoms with Crippen molar-refractivity contribution >= 4 is 16.7 Å². The summed E-state index contributed by atoms with van der Waals surface area (Å²) in [5, 5.41) is 12.6. The molecule has 1 atom stereocenters. The molecule has 4 rings (SSSR count). The van der Waals surface area contributed by atoms with Gasteiger partial charge in [-0.05, 0) is 23.1 Å². The molecule has 32 heavy (non-hydrogen) atoms. The van der Waals surface area contributed by atoms with Crippen LogP contribution in [-0.4, -0.2) is 90.6 Å². The number of ether oxygens (including phenoxy) is 2. The van der Waals surface area contributed by atoms with Crippen molar-refractivity contribution in [3.8, 4) is 16.9 Å². The van der Waals surface area contributed by atoms with E-state index in [1.54, 1.807) is 19.5 Å². The Hall–Kier alpha value is -2.78. The molecule has 1 aliphatic rings. The zero-order valence-electron chi connectivity index (χ0n) is 18.5. The van der Waals surface area contributed by atoms with Crippen molar-refractivity contribution < 1.29 is 14.6 Å². The zero-order valence-corrected chi connectivity index (χ0v) is 18.5. The molecule has 0 spiro atoms. The number of rotatable bonds is 9. The molecule has 3 N–H and O–H groups in total. The fraction of sp³-hybridized carbons (Fsp3) is 0.417. The molecule has 170 valence electrons. The van der Waals surface area contributed by atoms with Crippen LogP contribution in [0.4, 0.5) is 5.95 Å². The lowest BCUT2D eigenvalue weighted by atomic mass is 9.99. The molecular weight excluding hydrogens is 406 g/mol. The van der Waals surface area contributed by atoms with Gasteiger partial charge in [-0.2, -0.15) is 0 Å². The van der Waals surface area contributed by atoms with E-state index in [1.165, 1.54) is 0 Å². The molecule has 0 bridgehead atoms. The van der Waals surface area contributed by atoms with Crippen LogP contribution in [0.3, 0.4) is 0 Å². The van der Waals surface area contributed by atoms with E-state index in [-0.39, 0.29) is 12.6 Å². The molecular formula is C24H31N5O3. The fourth-order valence-corrected chi connectivity index (χ4v) is 4.08. The van der Waals surface area contributed by atoms with Crippen LogP contribution in [0.15, 0.2) is 48.8 Å². The van der Waals surface area contributed by atoms with Crippen LogP contribution in [0.1, 0.15) is 0 Å². The highest BCUT2D eigenvalue weighted by Crippen LogP contribution is 2.34. The number of nitrogen functional groups attached to an aromatic ring is 1. The van der Waals surface area contributed by atoms with E-state index < -0.39 is 6.10 Å². The fourth-order valence-electron chi connectivity index (χ4n) is 4.08. The van der Waals surface area contributed by atoms with Gasteiger partial charge in [0.2, 0.25) is 5.95 Å². The molecule has 8 nitrogen and oxygen atoms in total. The second-order valence-corrected chi connectivity index (χ2v) is 8.09. The molecule has 0 amide bonds. The number of piperazine rings is 1. The maximum absolute atomic E-state index is 10.6. The number of hydrogen-bond donors (Lipinski definition) is 2. The highest BCUT2D eigenvalue weighted by Gasteiger charge is 2.19. The van der Waals surface area contributed by atoms with E-state index in [4.69, 9.17) is 15.2 Å². The number of methoxy groups -OCH3 is 1. The van der Waals surface area contributed by atoms with Crippen molar-refractivity contribution in [3.63, 3.8) is 0 Å². The molecule has 1 aliphatic heterocycles. The van der Waals surface area contributed by atoms with Crippen molar-refractivity contribution in [2.24, 2.45) is 0 Å². The summed E-state index contributed by atoms with van der Waals surface area (Å²) in [7, 11) is 1.73. The summed E-state index contributed by atoms with van der Waals surface area (Å²) in [5.41, 5.74) is 7.53. The minimum atomic E-state index is -0.551. The van der Waals surface area contributed by atoms with Gasteiger partial charge in [-0.1, -0.05) is 24.3 Å². The first kappa shape index (κ1) is 22.4. The van der Waals surface area contributed by atoms with Gasteiger partial charge in [-0.25, -0.2) is 9.97 Å². The summed E-state index contributed by atoms with van der Waals surface area (Å²) in [6.45, 7) is 6.46. The Morgan fingerprint density at radius 3 is 2.41 bits per heavy atom. The smallest absolute Gasteiger partial charge is 0.219 e. The molecule has 3 aromatic rings. The highest BCUT2D eigenvalue weighted by atomic mass is 16.5. The predicted octanol–water partition coefficient (Wildman–Crippen LogP) is 1.88. The van der Waals surface area contributed by atoms with Gasteiger partial charge in [0.05, 0.1) is 6.61 Å². The number of β-amino-alcohol motifs (C(OH)–C–C–N with tert-alkyl or cyclic N) is 1. The lowest BCUT2D eigenvalue weighted by molar-refractivity contribution is 0.0408. The van der Waals surface area contributed by atoms with Gasteiger partial charge >= 0.3 is 0 Å². The maximum Gasteiger partial charge on any atom is 0.219 e. The van der Waals surface area contributed by atoms with Crippen LogP contribution >= 0.6 is 0 Å². The summed E-state index contributed by atoms with van der Waals surface area (Å²) in [6.07, 6.45) is 2.90. The summed E-state index contributed by atoms with van der Waals surface area (Å²) < 4.78 is 11.2. The Morgan fingerprint density at radius 1 is 1.00 bits per heavy atom. The quantitative estimate of drug-likeness (QED) is 0.524. The number of nitrogens with two attached hydrogens (primary N) is 1. The molecule has 1 fully saturated rings. The largest absolute Gasteiger partial charge is 0.490 e. The van der Waals surface area contributed by atoms with Gasteiger partial charge < -0.3 is 20.3 Å². The molecule has 8 heteroatoms. The first-order chi connectivity index (χ1) is 15.6. The van der Waals surface area contributed by atoms with E-state index in [9.17, 15) is 5.11 Å². The van der Waals surface area contributed by atoms with Crippen molar-refractivity contribution in [2.45, 2.75) is 6.10 Å². The summed E-state index contributed by atoms with van der Waals surface area (Å²) in [6, 6.07) is 12.0. The lowest BCUT2D eigenvalue weighted by Gasteiger charge is -2.35. The Bertz CT molecular complexity index is 1010. The van der Waals surface area contributed by atoms with E-state index in [1.807, 2.05) is 36.4 Å². The van der Waals surface area contributed by atoms with Crippen molar-refractivity contribution in [1.29, 1.82) is 0 Å². The number of hydrogen-bond acceptors (Lipinski definition) is 8. The standard InChI is InChI=1S/C24H31N5O3/c1-31-13-12-28-8-10-29(11-9-28)16-19(30)17-32-23-7-6-20(18-14-26-24(25)27-15-18)21-4-2-3-5-22(21)23/h2-7,14-15,19,30H,8-13,16-17H2,1H3,(H2,25,26,27). The Morgan fingerprint density at radius 2 is 1.69 bits per heavy atom. The van der Waals surface area contributed by atoms with Gasteiger partial charge in [0.15, 0.2) is 0 Å². The summed E-state index contributed by atoms with van der Waals surface area (Å²) >= 11 is 0. The number of nitrogens with zero attached hydrogens (tertiary/aromatic N) is 4. The van der Waals surface area contributed by atoms with Gasteiger partial charge in [-0.15, -0.1) is 0 Å². The van der Waals surface area contributed by atoms with E-state index in [2.05, 4.69) is 19.8 Å². The topological polar surface area (TPSA) is 97.0 Å². The van der Waals surface area contributed by atoms with Crippen LogP contribution in [0.2, 0.25) is 0 Å². The number of fused-ring (bicyclic) bond motifs is 1. The molecule has 2 aromatic carbocycles. The monoisotopic (exact) mass is 437 g/mol. The van der Waals surface area contributed by atoms with Crippen molar-refractivity contribution in [1.82, 2.24) is 19.8 Å². The van der Waals surface area contributed by atoms with Gasteiger partial charge in [0, 0.05) is 69.7 Å². The first-order valence-electron chi connectivity index (χ1n) is 11.0.